The first-order chi connectivity index (χ1) is 7.68. The summed E-state index contributed by atoms with van der Waals surface area (Å²) in [5.74, 6) is -0.771. The average Bonchev–Trinajstić information content (AvgIpc) is 2.60. The molecule has 3 nitrogen and oxygen atoms in total. The monoisotopic (exact) mass is 216 g/mol. The first-order valence-corrected chi connectivity index (χ1v) is 5.12. The summed E-state index contributed by atoms with van der Waals surface area (Å²) in [4.78, 5) is 22.6. The van der Waals surface area contributed by atoms with E-state index in [2.05, 4.69) is 0 Å². The van der Waals surface area contributed by atoms with Crippen LogP contribution in [0, 0.1) is 0 Å². The molecule has 0 N–H and O–H groups in total. The first-order valence-electron chi connectivity index (χ1n) is 5.12. The Labute approximate surface area is 93.7 Å². The number of carbonyl (C=O) groups is 2. The topological polar surface area (TPSA) is 43.4 Å². The van der Waals surface area contributed by atoms with Crippen LogP contribution in [0.4, 0.5) is 0 Å². The van der Waals surface area contributed by atoms with Crippen molar-refractivity contribution in [2.45, 2.75) is 18.9 Å². The van der Waals surface area contributed by atoms with E-state index in [0.29, 0.717) is 0 Å². The Balaban J connectivity index is 2.25. The highest BCUT2D eigenvalue weighted by atomic mass is 16.5. The molecule has 0 aromatic heterocycles. The molecular weight excluding hydrogens is 204 g/mol. The van der Waals surface area contributed by atoms with Crippen molar-refractivity contribution in [3.63, 3.8) is 0 Å². The molecule has 1 aliphatic rings. The number of rotatable bonds is 2. The van der Waals surface area contributed by atoms with E-state index in [4.69, 9.17) is 4.74 Å². The van der Waals surface area contributed by atoms with E-state index in [1.807, 2.05) is 30.3 Å². The third kappa shape index (κ3) is 2.03. The van der Waals surface area contributed by atoms with Crippen LogP contribution in [0.1, 0.15) is 18.4 Å². The Morgan fingerprint density at radius 2 is 1.94 bits per heavy atom. The zero-order valence-corrected chi connectivity index (χ0v) is 8.92. The molecule has 1 unspecified atom stereocenters. The van der Waals surface area contributed by atoms with Crippen molar-refractivity contribution in [2.24, 2.45) is 0 Å². The summed E-state index contributed by atoms with van der Waals surface area (Å²) in [5, 5.41) is 0. The molecule has 1 aromatic rings. The molecule has 16 heavy (non-hydrogen) atoms. The number of ketones is 1. The highest BCUT2D eigenvalue weighted by molar-refractivity contribution is 5.99. The maximum Gasteiger partial charge on any atom is 0.303 e. The van der Waals surface area contributed by atoms with Crippen molar-refractivity contribution in [3.8, 4) is 0 Å². The van der Waals surface area contributed by atoms with Crippen molar-refractivity contribution in [1.29, 1.82) is 0 Å². The summed E-state index contributed by atoms with van der Waals surface area (Å²) in [5.41, 5.74) is 0.878. The fraction of sp³-hybridized carbons (Fsp3) is 0.231. The van der Waals surface area contributed by atoms with Crippen molar-refractivity contribution >= 4 is 11.8 Å². The summed E-state index contributed by atoms with van der Waals surface area (Å²) in [6.45, 7) is 1.35. The number of carbonyl (C=O) groups excluding carboxylic acids is 2. The lowest BCUT2D eigenvalue weighted by Crippen LogP contribution is -2.23. The minimum absolute atomic E-state index is 0.0162. The quantitative estimate of drug-likeness (QED) is 0.708. The van der Waals surface area contributed by atoms with Gasteiger partial charge in [-0.25, -0.2) is 0 Å². The Bertz CT molecular complexity index is 434. The standard InChI is InChI=1S/C13H12O3/c1-9(14)16-12-8-7-11(15)13(12)10-5-3-2-4-6-10/h2-8,12-13H,1H3/t12-,13?/m0/s1. The van der Waals surface area contributed by atoms with Gasteiger partial charge in [-0.1, -0.05) is 30.3 Å². The lowest BCUT2D eigenvalue weighted by atomic mass is 9.94. The van der Waals surface area contributed by atoms with Gasteiger partial charge in [0.25, 0.3) is 0 Å². The van der Waals surface area contributed by atoms with Crippen molar-refractivity contribution < 1.29 is 14.3 Å². The van der Waals surface area contributed by atoms with E-state index < -0.39 is 6.10 Å². The van der Waals surface area contributed by atoms with Gasteiger partial charge >= 0.3 is 5.97 Å². The second-order valence-corrected chi connectivity index (χ2v) is 3.72. The number of hydrogen-bond acceptors (Lipinski definition) is 3. The second-order valence-electron chi connectivity index (χ2n) is 3.72. The highest BCUT2D eigenvalue weighted by Gasteiger charge is 2.33. The smallest absolute Gasteiger partial charge is 0.303 e. The normalized spacial score (nSPS) is 23.4. The van der Waals surface area contributed by atoms with Gasteiger partial charge in [-0.15, -0.1) is 0 Å². The van der Waals surface area contributed by atoms with E-state index in [0.717, 1.165) is 5.56 Å². The predicted molar refractivity (Wildman–Crippen MR) is 58.9 cm³/mol. The molecule has 1 aromatic carbocycles. The average molecular weight is 216 g/mol. The number of hydrogen-bond donors (Lipinski definition) is 0. The molecule has 0 aliphatic heterocycles. The maximum atomic E-state index is 11.7. The lowest BCUT2D eigenvalue weighted by molar-refractivity contribution is -0.145. The van der Waals surface area contributed by atoms with Crippen molar-refractivity contribution in [1.82, 2.24) is 0 Å². The summed E-state index contributed by atoms with van der Waals surface area (Å²) in [6.07, 6.45) is 2.65. The molecule has 82 valence electrons. The van der Waals surface area contributed by atoms with E-state index >= 15 is 0 Å². The van der Waals surface area contributed by atoms with Gasteiger partial charge in [0.2, 0.25) is 0 Å². The first kappa shape index (κ1) is 10.6. The van der Waals surface area contributed by atoms with Gasteiger partial charge in [-0.3, -0.25) is 9.59 Å². The van der Waals surface area contributed by atoms with Gasteiger partial charge in [-0.05, 0) is 17.7 Å². The van der Waals surface area contributed by atoms with Crippen LogP contribution >= 0.6 is 0 Å². The fourth-order valence-corrected chi connectivity index (χ4v) is 1.88. The van der Waals surface area contributed by atoms with E-state index in [1.54, 1.807) is 6.08 Å². The molecular formula is C13H12O3. The number of allylic oxidation sites excluding steroid dienone is 1. The maximum absolute atomic E-state index is 11.7. The molecule has 0 fully saturated rings. The molecule has 0 spiro atoms. The van der Waals surface area contributed by atoms with Crippen LogP contribution in [0.3, 0.4) is 0 Å². The lowest BCUT2D eigenvalue weighted by Gasteiger charge is -2.18. The fourth-order valence-electron chi connectivity index (χ4n) is 1.88. The Morgan fingerprint density at radius 1 is 1.25 bits per heavy atom. The molecule has 0 heterocycles. The molecule has 2 atom stereocenters. The van der Waals surface area contributed by atoms with Crippen LogP contribution in [-0.2, 0) is 14.3 Å². The third-order valence-electron chi connectivity index (χ3n) is 2.55. The minimum atomic E-state index is -0.465. The molecule has 3 heteroatoms. The van der Waals surface area contributed by atoms with Gasteiger partial charge in [0, 0.05) is 6.92 Å². The third-order valence-corrected chi connectivity index (χ3v) is 2.55. The number of benzene rings is 1. The van der Waals surface area contributed by atoms with E-state index in [-0.39, 0.29) is 17.7 Å². The summed E-state index contributed by atoms with van der Waals surface area (Å²) < 4.78 is 5.10. The van der Waals surface area contributed by atoms with Crippen LogP contribution in [0.15, 0.2) is 42.5 Å². The molecule has 2 rings (SSSR count). The Kier molecular flexibility index (Phi) is 2.86. The molecule has 0 amide bonds. The van der Waals surface area contributed by atoms with Crippen molar-refractivity contribution in [3.05, 3.63) is 48.0 Å². The van der Waals surface area contributed by atoms with Gasteiger partial charge in [0.05, 0.1) is 5.92 Å². The van der Waals surface area contributed by atoms with Gasteiger partial charge in [-0.2, -0.15) is 0 Å². The van der Waals surface area contributed by atoms with E-state index in [1.165, 1.54) is 13.0 Å². The molecule has 0 saturated carbocycles. The Hall–Kier alpha value is -1.90. The molecule has 0 bridgehead atoms. The van der Waals surface area contributed by atoms with Crippen LogP contribution < -0.4 is 0 Å². The summed E-state index contributed by atoms with van der Waals surface area (Å²) in [7, 11) is 0. The predicted octanol–water partition coefficient (Wildman–Crippen LogP) is 1.84. The van der Waals surface area contributed by atoms with Crippen LogP contribution in [0.5, 0.6) is 0 Å². The second kappa shape index (κ2) is 4.31. The number of esters is 1. The highest BCUT2D eigenvalue weighted by Crippen LogP contribution is 2.29. The molecule has 0 saturated heterocycles. The van der Waals surface area contributed by atoms with Gasteiger partial charge < -0.3 is 4.74 Å². The van der Waals surface area contributed by atoms with Gasteiger partial charge in [0.15, 0.2) is 5.78 Å². The van der Waals surface area contributed by atoms with Crippen LogP contribution in [0.25, 0.3) is 0 Å². The van der Waals surface area contributed by atoms with E-state index in [9.17, 15) is 9.59 Å². The molecule has 0 radical (unpaired) electrons. The summed E-state index contributed by atoms with van der Waals surface area (Å²) >= 11 is 0. The number of ether oxygens (including phenoxy) is 1. The minimum Gasteiger partial charge on any atom is -0.457 e. The molecule has 1 aliphatic carbocycles. The zero-order chi connectivity index (χ0) is 11.5. The summed E-state index contributed by atoms with van der Waals surface area (Å²) in [6, 6.07) is 9.35. The van der Waals surface area contributed by atoms with Crippen molar-refractivity contribution in [2.75, 3.05) is 0 Å². The largest absolute Gasteiger partial charge is 0.457 e. The zero-order valence-electron chi connectivity index (χ0n) is 8.92. The van der Waals surface area contributed by atoms with Crippen LogP contribution in [0.2, 0.25) is 0 Å². The van der Waals surface area contributed by atoms with Gasteiger partial charge in [0.1, 0.15) is 6.10 Å². The van der Waals surface area contributed by atoms with Crippen LogP contribution in [-0.4, -0.2) is 17.9 Å². The SMILES string of the molecule is CC(=O)O[C@H]1C=CC(=O)C1c1ccccc1. The Morgan fingerprint density at radius 3 is 2.56 bits per heavy atom.